The second kappa shape index (κ2) is 7.53. The Bertz CT molecular complexity index is 395. The second-order valence-electron chi connectivity index (χ2n) is 3.82. The summed E-state index contributed by atoms with van der Waals surface area (Å²) >= 11 is 4.76. The molecule has 0 radical (unpaired) electrons. The van der Waals surface area contributed by atoms with Crippen LogP contribution in [0.5, 0.6) is 0 Å². The Morgan fingerprint density at radius 1 is 1.35 bits per heavy atom. The van der Waals surface area contributed by atoms with Crippen LogP contribution in [-0.2, 0) is 4.74 Å². The molecular weight excluding hydrogens is 236 g/mol. The first-order chi connectivity index (χ1) is 8.19. The largest absolute Gasteiger partial charge is 0.379 e. The van der Waals surface area contributed by atoms with E-state index < -0.39 is 0 Å². The standard InChI is InChI=1S/C12H20N2O2S/c1-3-14(4-2)6-8-16-7-5-13-10-9-11(17)12(10)15/h9,13H,3-8H2,1-2H3. The summed E-state index contributed by atoms with van der Waals surface area (Å²) in [6, 6.07) is 1.69. The average Bonchev–Trinajstić information content (AvgIpc) is 2.36. The molecule has 0 amide bonds. The smallest absolute Gasteiger partial charge is 0.219 e. The molecule has 0 bridgehead atoms. The van der Waals surface area contributed by atoms with Crippen LogP contribution < -0.4 is 10.7 Å². The van der Waals surface area contributed by atoms with E-state index >= 15 is 0 Å². The zero-order chi connectivity index (χ0) is 12.7. The minimum Gasteiger partial charge on any atom is -0.379 e. The average molecular weight is 256 g/mol. The summed E-state index contributed by atoms with van der Waals surface area (Å²) < 4.78 is 5.89. The van der Waals surface area contributed by atoms with Gasteiger partial charge in [-0.2, -0.15) is 0 Å². The van der Waals surface area contributed by atoms with Gasteiger partial charge in [0.1, 0.15) is 0 Å². The molecule has 1 rings (SSSR count). The monoisotopic (exact) mass is 256 g/mol. The third-order valence-corrected chi connectivity index (χ3v) is 3.06. The van der Waals surface area contributed by atoms with E-state index in [-0.39, 0.29) is 5.43 Å². The van der Waals surface area contributed by atoms with Gasteiger partial charge in [-0.1, -0.05) is 26.1 Å². The summed E-state index contributed by atoms with van der Waals surface area (Å²) in [6.07, 6.45) is 0. The van der Waals surface area contributed by atoms with Crippen LogP contribution in [0.3, 0.4) is 0 Å². The van der Waals surface area contributed by atoms with Gasteiger partial charge in [0.05, 0.1) is 23.4 Å². The Labute approximate surface area is 107 Å². The highest BCUT2D eigenvalue weighted by Gasteiger charge is 2.04. The summed E-state index contributed by atoms with van der Waals surface area (Å²) in [5.41, 5.74) is 0.561. The SMILES string of the molecule is CCN(CC)CCOCCNc1cc(=S)c1=O. The first-order valence-corrected chi connectivity index (χ1v) is 6.44. The van der Waals surface area contributed by atoms with Crippen molar-refractivity contribution in [3.05, 3.63) is 20.8 Å². The highest BCUT2D eigenvalue weighted by atomic mass is 32.1. The van der Waals surface area contributed by atoms with Crippen LogP contribution in [-0.4, -0.2) is 44.3 Å². The predicted molar refractivity (Wildman–Crippen MR) is 73.0 cm³/mol. The van der Waals surface area contributed by atoms with Gasteiger partial charge in [0.2, 0.25) is 5.43 Å². The first-order valence-electron chi connectivity index (χ1n) is 6.03. The number of likely N-dealkylation sites (N-methyl/N-ethyl adjacent to an activating group) is 1. The maximum absolute atomic E-state index is 11.1. The first kappa shape index (κ1) is 14.3. The third kappa shape index (κ3) is 4.53. The molecule has 0 aliphatic carbocycles. The molecule has 1 aromatic rings. The van der Waals surface area contributed by atoms with E-state index in [1.54, 1.807) is 6.07 Å². The van der Waals surface area contributed by atoms with Gasteiger partial charge < -0.3 is 15.0 Å². The van der Waals surface area contributed by atoms with Gasteiger partial charge in [0.15, 0.2) is 0 Å². The lowest BCUT2D eigenvalue weighted by Crippen LogP contribution is -2.28. The van der Waals surface area contributed by atoms with Crippen molar-refractivity contribution < 1.29 is 4.74 Å². The molecule has 0 atom stereocenters. The molecule has 0 aromatic heterocycles. The number of ether oxygens (including phenoxy) is 1. The van der Waals surface area contributed by atoms with Crippen LogP contribution in [0, 0.1) is 4.51 Å². The Hall–Kier alpha value is -0.780. The van der Waals surface area contributed by atoms with Crippen molar-refractivity contribution in [2.24, 2.45) is 0 Å². The zero-order valence-corrected chi connectivity index (χ0v) is 11.3. The van der Waals surface area contributed by atoms with Crippen LogP contribution in [0.15, 0.2) is 10.9 Å². The fraction of sp³-hybridized carbons (Fsp3) is 0.667. The minimum atomic E-state index is -0.0526. The van der Waals surface area contributed by atoms with Crippen LogP contribution in [0.2, 0.25) is 0 Å². The van der Waals surface area contributed by atoms with Crippen molar-refractivity contribution >= 4 is 17.9 Å². The topological polar surface area (TPSA) is 41.6 Å². The van der Waals surface area contributed by atoms with E-state index in [1.807, 2.05) is 0 Å². The summed E-state index contributed by atoms with van der Waals surface area (Å²) in [7, 11) is 0. The molecule has 4 nitrogen and oxygen atoms in total. The predicted octanol–water partition coefficient (Wildman–Crippen LogP) is 1.42. The molecule has 0 heterocycles. The molecule has 96 valence electrons. The van der Waals surface area contributed by atoms with Gasteiger partial charge in [-0.25, -0.2) is 0 Å². The minimum absolute atomic E-state index is 0.0526. The van der Waals surface area contributed by atoms with E-state index in [1.165, 1.54) is 0 Å². The summed E-state index contributed by atoms with van der Waals surface area (Å²) in [6.45, 7) is 9.34. The number of anilines is 1. The van der Waals surface area contributed by atoms with Crippen LogP contribution in [0.25, 0.3) is 0 Å². The molecule has 0 aliphatic heterocycles. The van der Waals surface area contributed by atoms with Gasteiger partial charge in [-0.05, 0) is 19.2 Å². The van der Waals surface area contributed by atoms with Gasteiger partial charge in [-0.3, -0.25) is 4.79 Å². The quantitative estimate of drug-likeness (QED) is 0.534. The summed E-state index contributed by atoms with van der Waals surface area (Å²) in [4.78, 5) is 13.4. The number of hydrogen-bond donors (Lipinski definition) is 1. The number of nitrogens with one attached hydrogen (secondary N) is 1. The van der Waals surface area contributed by atoms with Gasteiger partial charge in [-0.15, -0.1) is 0 Å². The maximum atomic E-state index is 11.1. The second-order valence-corrected chi connectivity index (χ2v) is 4.26. The normalized spacial score (nSPS) is 11.2. The molecule has 0 saturated heterocycles. The fourth-order valence-electron chi connectivity index (χ4n) is 1.54. The van der Waals surface area contributed by atoms with Crippen molar-refractivity contribution in [2.45, 2.75) is 13.8 Å². The highest BCUT2D eigenvalue weighted by molar-refractivity contribution is 7.71. The Kier molecular flexibility index (Phi) is 6.32. The van der Waals surface area contributed by atoms with Crippen LogP contribution in [0.4, 0.5) is 5.69 Å². The van der Waals surface area contributed by atoms with Gasteiger partial charge in [0, 0.05) is 13.1 Å². The third-order valence-electron chi connectivity index (χ3n) is 2.75. The maximum Gasteiger partial charge on any atom is 0.219 e. The molecule has 0 spiro atoms. The van der Waals surface area contributed by atoms with E-state index in [0.29, 0.717) is 23.3 Å². The zero-order valence-electron chi connectivity index (χ0n) is 10.5. The summed E-state index contributed by atoms with van der Waals surface area (Å²) in [5.74, 6) is 0. The van der Waals surface area contributed by atoms with Crippen molar-refractivity contribution in [1.29, 1.82) is 0 Å². The number of nitrogens with zero attached hydrogens (tertiary/aromatic N) is 1. The molecule has 5 heteroatoms. The molecule has 0 aliphatic rings. The Morgan fingerprint density at radius 2 is 2.06 bits per heavy atom. The Balaban J connectivity index is 2.00. The van der Waals surface area contributed by atoms with E-state index in [4.69, 9.17) is 17.0 Å². The molecule has 0 unspecified atom stereocenters. The molecule has 17 heavy (non-hydrogen) atoms. The van der Waals surface area contributed by atoms with Crippen molar-refractivity contribution in [3.8, 4) is 0 Å². The Morgan fingerprint density at radius 3 is 2.59 bits per heavy atom. The molecule has 0 saturated carbocycles. The lowest BCUT2D eigenvalue weighted by molar-refractivity contribution is 0.114. The van der Waals surface area contributed by atoms with Crippen LogP contribution >= 0.6 is 12.2 Å². The molecule has 0 fully saturated rings. The molecule has 1 N–H and O–H groups in total. The summed E-state index contributed by atoms with van der Waals surface area (Å²) in [5, 5.41) is 3.00. The fourth-order valence-corrected chi connectivity index (χ4v) is 1.77. The van der Waals surface area contributed by atoms with E-state index in [0.717, 1.165) is 26.2 Å². The lowest BCUT2D eigenvalue weighted by atomic mass is 10.3. The highest BCUT2D eigenvalue weighted by Crippen LogP contribution is 2.02. The van der Waals surface area contributed by atoms with E-state index in [9.17, 15) is 4.79 Å². The number of rotatable bonds is 9. The van der Waals surface area contributed by atoms with Crippen molar-refractivity contribution in [2.75, 3.05) is 44.7 Å². The van der Waals surface area contributed by atoms with Gasteiger partial charge in [0.25, 0.3) is 0 Å². The van der Waals surface area contributed by atoms with E-state index in [2.05, 4.69) is 24.1 Å². The van der Waals surface area contributed by atoms with Crippen molar-refractivity contribution in [1.82, 2.24) is 4.90 Å². The molecular formula is C12H20N2O2S. The molecule has 1 aromatic carbocycles. The lowest BCUT2D eigenvalue weighted by Gasteiger charge is -2.17. The van der Waals surface area contributed by atoms with Gasteiger partial charge >= 0.3 is 0 Å². The van der Waals surface area contributed by atoms with Crippen LogP contribution in [0.1, 0.15) is 13.8 Å². The van der Waals surface area contributed by atoms with Crippen molar-refractivity contribution in [3.63, 3.8) is 0 Å². The number of hydrogen-bond acceptors (Lipinski definition) is 5.